The van der Waals surface area contributed by atoms with E-state index < -0.39 is 6.09 Å². The molecule has 198 valence electrons. The van der Waals surface area contributed by atoms with Crippen LogP contribution in [0.5, 0.6) is 0 Å². The minimum absolute atomic E-state index is 0.0772. The van der Waals surface area contributed by atoms with E-state index >= 15 is 0 Å². The number of rotatable bonds is 4. The fourth-order valence-corrected chi connectivity index (χ4v) is 9.71. The van der Waals surface area contributed by atoms with E-state index in [0.29, 0.717) is 29.8 Å². The van der Waals surface area contributed by atoms with Crippen molar-refractivity contribution in [2.75, 3.05) is 13.1 Å². The lowest BCUT2D eigenvalue weighted by molar-refractivity contribution is -0.123. The Morgan fingerprint density at radius 2 is 1.77 bits per heavy atom. The van der Waals surface area contributed by atoms with Gasteiger partial charge in [-0.1, -0.05) is 32.9 Å². The maximum Gasteiger partial charge on any atom is 0.433 e. The van der Waals surface area contributed by atoms with E-state index in [2.05, 4.69) is 50.4 Å². The molecule has 3 N–H and O–H groups in total. The molecule has 0 radical (unpaired) electrons. The second kappa shape index (κ2) is 9.31. The molecule has 5 fully saturated rings. The number of aliphatic hydroxyl groups is 1. The van der Waals surface area contributed by atoms with Gasteiger partial charge < -0.3 is 15.7 Å². The van der Waals surface area contributed by atoms with Crippen molar-refractivity contribution in [1.82, 2.24) is 10.6 Å². The minimum Gasteiger partial charge on any atom is -0.393 e. The number of hydrogen-bond donors (Lipinski definition) is 3. The summed E-state index contributed by atoms with van der Waals surface area (Å²) in [5.74, 6) is 3.45. The van der Waals surface area contributed by atoms with Crippen LogP contribution in [-0.4, -0.2) is 42.1 Å². The highest BCUT2D eigenvalue weighted by atomic mass is 16.7. The van der Waals surface area contributed by atoms with E-state index in [4.69, 9.17) is 4.84 Å². The van der Waals surface area contributed by atoms with Crippen molar-refractivity contribution < 1.29 is 14.7 Å². The van der Waals surface area contributed by atoms with Gasteiger partial charge in [0.15, 0.2) is 0 Å². The average Bonchev–Trinajstić information content (AvgIpc) is 3.35. The lowest BCUT2D eigenvalue weighted by atomic mass is 9.44. The number of carbonyl (C=O) groups is 1. The number of fused-ring (bicyclic) bond motifs is 5. The van der Waals surface area contributed by atoms with Gasteiger partial charge in [-0.3, -0.25) is 4.84 Å². The normalized spacial score (nSPS) is 46.9. The summed E-state index contributed by atoms with van der Waals surface area (Å²) >= 11 is 0. The first-order valence-electron chi connectivity index (χ1n) is 14.4. The van der Waals surface area contributed by atoms with Crippen molar-refractivity contribution in [2.45, 2.75) is 111 Å². The van der Waals surface area contributed by atoms with Crippen LogP contribution in [0.3, 0.4) is 0 Å². The van der Waals surface area contributed by atoms with Crippen molar-refractivity contribution in [1.29, 1.82) is 0 Å². The Morgan fingerprint density at radius 3 is 2.51 bits per heavy atom. The van der Waals surface area contributed by atoms with Crippen LogP contribution in [0.4, 0.5) is 4.79 Å². The fraction of sp³-hybridized carbons (Fsp3) is 0.931. The van der Waals surface area contributed by atoms with Crippen LogP contribution in [0.25, 0.3) is 0 Å². The van der Waals surface area contributed by atoms with E-state index in [0.717, 1.165) is 55.7 Å². The SMILES string of the molecule is C/C(=N\OC(=O)NCC1CC(C)(C)CN1)[C@H]1CC[C@H]2[C@@H]3CC[C@H]4C[C@@H](O)CC[C@]4(C)[C@H]3CC[C@]12C. The third-order valence-electron chi connectivity index (χ3n) is 11.6. The molecule has 35 heavy (non-hydrogen) atoms. The summed E-state index contributed by atoms with van der Waals surface area (Å²) in [4.78, 5) is 17.7. The Hall–Kier alpha value is -1.14. The molecule has 4 aliphatic carbocycles. The number of nitrogens with one attached hydrogen (secondary N) is 2. The first kappa shape index (κ1) is 25.5. The average molecular weight is 488 g/mol. The minimum atomic E-state index is -0.440. The number of oxime groups is 1. The van der Waals surface area contributed by atoms with Crippen LogP contribution >= 0.6 is 0 Å². The summed E-state index contributed by atoms with van der Waals surface area (Å²) < 4.78 is 0. The third kappa shape index (κ3) is 4.67. The van der Waals surface area contributed by atoms with Gasteiger partial charge in [-0.2, -0.15) is 0 Å². The highest BCUT2D eigenvalue weighted by Crippen LogP contribution is 2.67. The van der Waals surface area contributed by atoms with Crippen LogP contribution in [0.2, 0.25) is 0 Å². The molecule has 0 bridgehead atoms. The first-order chi connectivity index (χ1) is 16.5. The molecule has 1 unspecified atom stereocenters. The van der Waals surface area contributed by atoms with Gasteiger partial charge in [0.2, 0.25) is 0 Å². The number of carbonyl (C=O) groups excluding carboxylic acids is 1. The molecule has 4 saturated carbocycles. The number of amides is 1. The standard InChI is InChI=1S/C29H49N3O3/c1-18(32-35-26(34)30-16-20-15-27(2,3)17-31-20)23-8-9-24-22-7-6-19-14-21(33)10-12-28(19,4)25(22)11-13-29(23,24)5/h19-25,31,33H,6-17H2,1-5H3,(H,30,34)/b32-18+/t19-,20?,21-,22-,23+,24-,25-,28-,29+/m0/s1. The smallest absolute Gasteiger partial charge is 0.393 e. The molecule has 1 saturated heterocycles. The van der Waals surface area contributed by atoms with Gasteiger partial charge in [-0.05, 0) is 111 Å². The van der Waals surface area contributed by atoms with Crippen molar-refractivity contribution >= 4 is 11.8 Å². The Morgan fingerprint density at radius 1 is 1.03 bits per heavy atom. The molecule has 1 aliphatic heterocycles. The topological polar surface area (TPSA) is 83.0 Å². The molecule has 0 aromatic rings. The highest BCUT2D eigenvalue weighted by molar-refractivity contribution is 5.85. The lowest BCUT2D eigenvalue weighted by Gasteiger charge is -2.61. The van der Waals surface area contributed by atoms with Crippen LogP contribution in [-0.2, 0) is 4.84 Å². The summed E-state index contributed by atoms with van der Waals surface area (Å²) in [5.41, 5.74) is 1.94. The van der Waals surface area contributed by atoms with Crippen molar-refractivity contribution in [3.8, 4) is 0 Å². The van der Waals surface area contributed by atoms with Crippen molar-refractivity contribution in [2.24, 2.45) is 51.0 Å². The van der Waals surface area contributed by atoms with Crippen LogP contribution in [0.1, 0.15) is 98.8 Å². The fourth-order valence-electron chi connectivity index (χ4n) is 9.71. The van der Waals surface area contributed by atoms with E-state index in [9.17, 15) is 9.90 Å². The van der Waals surface area contributed by atoms with Crippen LogP contribution < -0.4 is 10.6 Å². The van der Waals surface area contributed by atoms with Gasteiger partial charge >= 0.3 is 6.09 Å². The predicted octanol–water partition coefficient (Wildman–Crippen LogP) is 5.50. The molecule has 6 heteroatoms. The zero-order chi connectivity index (χ0) is 25.0. The summed E-state index contributed by atoms with van der Waals surface area (Å²) in [5, 5.41) is 21.0. The zero-order valence-electron chi connectivity index (χ0n) is 22.7. The van der Waals surface area contributed by atoms with E-state index in [1.807, 2.05) is 0 Å². The molecule has 6 nitrogen and oxygen atoms in total. The Balaban J connectivity index is 1.19. The van der Waals surface area contributed by atoms with Gasteiger partial charge in [0.05, 0.1) is 11.8 Å². The summed E-state index contributed by atoms with van der Waals surface area (Å²) in [6.45, 7) is 13.2. The maximum absolute atomic E-state index is 12.3. The molecule has 1 heterocycles. The largest absolute Gasteiger partial charge is 0.433 e. The maximum atomic E-state index is 12.3. The van der Waals surface area contributed by atoms with Crippen LogP contribution in [0, 0.1) is 45.8 Å². The Kier molecular flexibility index (Phi) is 6.78. The molecule has 0 aromatic carbocycles. The summed E-state index contributed by atoms with van der Waals surface area (Å²) in [7, 11) is 0. The highest BCUT2D eigenvalue weighted by Gasteiger charge is 2.60. The third-order valence-corrected chi connectivity index (χ3v) is 11.6. The van der Waals surface area contributed by atoms with Gasteiger partial charge in [-0.25, -0.2) is 4.79 Å². The molecule has 5 rings (SSSR count). The van der Waals surface area contributed by atoms with Crippen molar-refractivity contribution in [3.05, 3.63) is 0 Å². The molecule has 0 aromatic heterocycles. The monoisotopic (exact) mass is 487 g/mol. The van der Waals surface area contributed by atoms with Crippen molar-refractivity contribution in [3.63, 3.8) is 0 Å². The second-order valence-electron chi connectivity index (χ2n) is 14.2. The zero-order valence-corrected chi connectivity index (χ0v) is 22.7. The summed E-state index contributed by atoms with van der Waals surface area (Å²) in [6.07, 6.45) is 11.3. The predicted molar refractivity (Wildman–Crippen MR) is 139 cm³/mol. The number of hydrogen-bond acceptors (Lipinski definition) is 5. The van der Waals surface area contributed by atoms with Gasteiger partial charge in [-0.15, -0.1) is 0 Å². The Labute approximate surface area is 212 Å². The van der Waals surface area contributed by atoms with E-state index in [1.165, 1.54) is 38.5 Å². The molecule has 5 aliphatic rings. The molecule has 9 atom stereocenters. The van der Waals surface area contributed by atoms with Gasteiger partial charge in [0.25, 0.3) is 0 Å². The summed E-state index contributed by atoms with van der Waals surface area (Å²) in [6, 6.07) is 0.302. The quantitative estimate of drug-likeness (QED) is 0.278. The first-order valence-corrected chi connectivity index (χ1v) is 14.4. The lowest BCUT2D eigenvalue weighted by Crippen LogP contribution is -2.54. The van der Waals surface area contributed by atoms with Gasteiger partial charge in [0.1, 0.15) is 0 Å². The molecule has 0 spiro atoms. The van der Waals surface area contributed by atoms with E-state index in [-0.39, 0.29) is 16.9 Å². The number of aliphatic hydroxyl groups excluding tert-OH is 1. The van der Waals surface area contributed by atoms with E-state index in [1.54, 1.807) is 0 Å². The molecular weight excluding hydrogens is 438 g/mol. The van der Waals surface area contributed by atoms with Gasteiger partial charge in [0, 0.05) is 25.0 Å². The molecular formula is C29H49N3O3. The number of nitrogens with zero attached hydrogens (tertiary/aromatic N) is 1. The second-order valence-corrected chi connectivity index (χ2v) is 14.2. The van der Waals surface area contributed by atoms with Crippen LogP contribution in [0.15, 0.2) is 5.16 Å². The Bertz CT molecular complexity index is 843. The molecule has 1 amide bonds.